The number of benzene rings is 2. The van der Waals surface area contributed by atoms with Crippen LogP contribution in [-0.2, 0) is 0 Å². The maximum atomic E-state index is 12.4. The van der Waals surface area contributed by atoms with Gasteiger partial charge in [0.1, 0.15) is 11.3 Å². The molecule has 0 N–H and O–H groups in total. The van der Waals surface area contributed by atoms with E-state index in [1.165, 1.54) is 18.4 Å². The molecule has 2 aromatic carbocycles. The van der Waals surface area contributed by atoms with Crippen molar-refractivity contribution in [2.45, 2.75) is 6.92 Å². The molecular formula is C21H14O5. The first kappa shape index (κ1) is 15.9. The van der Waals surface area contributed by atoms with Crippen molar-refractivity contribution >= 4 is 16.9 Å². The molecule has 0 unspecified atom stereocenters. The second-order valence-corrected chi connectivity index (χ2v) is 5.81. The summed E-state index contributed by atoms with van der Waals surface area (Å²) in [6.07, 6.45) is 1.51. The molecule has 0 bridgehead atoms. The number of carbonyl (C=O) groups is 1. The first-order valence-corrected chi connectivity index (χ1v) is 8.01. The Morgan fingerprint density at radius 2 is 1.81 bits per heavy atom. The second kappa shape index (κ2) is 6.37. The summed E-state index contributed by atoms with van der Waals surface area (Å²) in [6, 6.07) is 16.6. The molecule has 0 radical (unpaired) electrons. The fourth-order valence-corrected chi connectivity index (χ4v) is 2.70. The smallest absolute Gasteiger partial charge is 0.343 e. The van der Waals surface area contributed by atoms with E-state index in [-0.39, 0.29) is 11.2 Å². The zero-order chi connectivity index (χ0) is 18.1. The van der Waals surface area contributed by atoms with Crippen LogP contribution in [0.15, 0.2) is 80.6 Å². The van der Waals surface area contributed by atoms with Gasteiger partial charge in [-0.15, -0.1) is 0 Å². The maximum Gasteiger partial charge on any atom is 0.343 e. The first-order valence-electron chi connectivity index (χ1n) is 8.01. The third-order valence-electron chi connectivity index (χ3n) is 4.04. The zero-order valence-electron chi connectivity index (χ0n) is 13.9. The fraction of sp³-hybridized carbons (Fsp3) is 0.0476. The number of aryl methyl sites for hydroxylation is 1. The van der Waals surface area contributed by atoms with Crippen LogP contribution in [0.5, 0.6) is 5.75 Å². The highest BCUT2D eigenvalue weighted by Gasteiger charge is 2.13. The molecule has 0 aliphatic rings. The number of carbonyl (C=O) groups excluding carboxylic acids is 1. The number of rotatable bonds is 3. The largest absolute Gasteiger partial charge is 0.461 e. The molecule has 2 heterocycles. The Bertz CT molecular complexity index is 1150. The van der Waals surface area contributed by atoms with Crippen LogP contribution in [0.4, 0.5) is 0 Å². The predicted molar refractivity (Wildman–Crippen MR) is 96.3 cm³/mol. The van der Waals surface area contributed by atoms with Crippen molar-refractivity contribution < 1.29 is 18.4 Å². The molecule has 0 spiro atoms. The summed E-state index contributed by atoms with van der Waals surface area (Å²) < 4.78 is 16.4. The van der Waals surface area contributed by atoms with E-state index in [4.69, 9.17) is 13.6 Å². The van der Waals surface area contributed by atoms with E-state index in [1.54, 1.807) is 36.4 Å². The van der Waals surface area contributed by atoms with Gasteiger partial charge in [-0.2, -0.15) is 0 Å². The molecule has 0 atom stereocenters. The number of esters is 1. The van der Waals surface area contributed by atoms with Crippen molar-refractivity contribution in [3.05, 3.63) is 88.3 Å². The van der Waals surface area contributed by atoms with Crippen molar-refractivity contribution in [2.75, 3.05) is 0 Å². The quantitative estimate of drug-likeness (QED) is 0.401. The van der Waals surface area contributed by atoms with Gasteiger partial charge in [0, 0.05) is 6.07 Å². The third kappa shape index (κ3) is 2.91. The highest BCUT2D eigenvalue weighted by molar-refractivity contribution is 5.93. The van der Waals surface area contributed by atoms with Gasteiger partial charge in [-0.1, -0.05) is 18.2 Å². The van der Waals surface area contributed by atoms with Crippen LogP contribution < -0.4 is 10.2 Å². The van der Waals surface area contributed by atoms with Crippen LogP contribution in [0, 0.1) is 6.92 Å². The number of furan rings is 1. The molecule has 0 aliphatic carbocycles. The van der Waals surface area contributed by atoms with Gasteiger partial charge in [0.15, 0.2) is 16.9 Å². The van der Waals surface area contributed by atoms with Crippen molar-refractivity contribution in [3.63, 3.8) is 0 Å². The van der Waals surface area contributed by atoms with Crippen LogP contribution in [0.2, 0.25) is 0 Å². The SMILES string of the molecule is Cc1ccccc1C(=O)Oc1ccc2oc(-c3ccco3)cc(=O)c2c1. The predicted octanol–water partition coefficient (Wildman–Crippen LogP) is 4.58. The average molecular weight is 346 g/mol. The summed E-state index contributed by atoms with van der Waals surface area (Å²) in [6.45, 7) is 1.84. The lowest BCUT2D eigenvalue weighted by molar-refractivity contribution is 0.0734. The summed E-state index contributed by atoms with van der Waals surface area (Å²) in [4.78, 5) is 24.7. The van der Waals surface area contributed by atoms with Gasteiger partial charge in [-0.25, -0.2) is 4.79 Å². The lowest BCUT2D eigenvalue weighted by Crippen LogP contribution is -2.10. The van der Waals surface area contributed by atoms with Crippen molar-refractivity contribution in [1.82, 2.24) is 0 Å². The molecule has 5 heteroatoms. The number of hydrogen-bond acceptors (Lipinski definition) is 5. The highest BCUT2D eigenvalue weighted by atomic mass is 16.5. The average Bonchev–Trinajstić information content (AvgIpc) is 3.17. The molecule has 0 saturated carbocycles. The summed E-state index contributed by atoms with van der Waals surface area (Å²) in [5.74, 6) is 0.624. The Kier molecular flexibility index (Phi) is 3.89. The Labute approximate surface area is 148 Å². The molecule has 0 saturated heterocycles. The molecule has 2 aromatic heterocycles. The minimum absolute atomic E-state index is 0.244. The van der Waals surface area contributed by atoms with E-state index < -0.39 is 5.97 Å². The topological polar surface area (TPSA) is 69.7 Å². The Balaban J connectivity index is 1.69. The van der Waals surface area contributed by atoms with Crippen LogP contribution in [0.25, 0.3) is 22.5 Å². The Morgan fingerprint density at radius 3 is 2.58 bits per heavy atom. The molecule has 0 aliphatic heterocycles. The van der Waals surface area contributed by atoms with E-state index in [2.05, 4.69) is 0 Å². The van der Waals surface area contributed by atoms with Gasteiger partial charge >= 0.3 is 5.97 Å². The van der Waals surface area contributed by atoms with E-state index in [9.17, 15) is 9.59 Å². The number of hydrogen-bond donors (Lipinski definition) is 0. The summed E-state index contributed by atoms with van der Waals surface area (Å²) in [5.41, 5.74) is 1.44. The van der Waals surface area contributed by atoms with Gasteiger partial charge < -0.3 is 13.6 Å². The third-order valence-corrected chi connectivity index (χ3v) is 4.04. The minimum atomic E-state index is -0.473. The number of ether oxygens (including phenoxy) is 1. The highest BCUT2D eigenvalue weighted by Crippen LogP contribution is 2.25. The van der Waals surface area contributed by atoms with Crippen molar-refractivity contribution in [3.8, 4) is 17.3 Å². The van der Waals surface area contributed by atoms with Crippen LogP contribution >= 0.6 is 0 Å². The number of fused-ring (bicyclic) bond motifs is 1. The second-order valence-electron chi connectivity index (χ2n) is 5.81. The molecular weight excluding hydrogens is 332 g/mol. The fourth-order valence-electron chi connectivity index (χ4n) is 2.70. The Hall–Kier alpha value is -3.60. The Morgan fingerprint density at radius 1 is 0.962 bits per heavy atom. The molecule has 5 nitrogen and oxygen atoms in total. The van der Waals surface area contributed by atoms with Crippen LogP contribution in [0.1, 0.15) is 15.9 Å². The van der Waals surface area contributed by atoms with Gasteiger partial charge in [0.25, 0.3) is 0 Å². The van der Waals surface area contributed by atoms with Crippen molar-refractivity contribution in [1.29, 1.82) is 0 Å². The van der Waals surface area contributed by atoms with Gasteiger partial charge in [0.05, 0.1) is 17.2 Å². The molecule has 26 heavy (non-hydrogen) atoms. The summed E-state index contributed by atoms with van der Waals surface area (Å²) in [5, 5.41) is 0.329. The van der Waals surface area contributed by atoms with Crippen molar-refractivity contribution in [2.24, 2.45) is 0 Å². The lowest BCUT2D eigenvalue weighted by Gasteiger charge is -2.07. The molecule has 4 aromatic rings. The standard InChI is InChI=1S/C21H14O5/c1-13-5-2-3-6-15(13)21(23)25-14-8-9-18-16(11-14)17(22)12-20(26-18)19-7-4-10-24-19/h2-12H,1H3. The normalized spacial score (nSPS) is 10.8. The van der Waals surface area contributed by atoms with Crippen LogP contribution in [-0.4, -0.2) is 5.97 Å². The van der Waals surface area contributed by atoms with Gasteiger partial charge in [-0.05, 0) is 48.9 Å². The molecule has 0 amide bonds. The molecule has 128 valence electrons. The lowest BCUT2D eigenvalue weighted by atomic mass is 10.1. The van der Waals surface area contributed by atoms with E-state index in [0.29, 0.717) is 28.1 Å². The van der Waals surface area contributed by atoms with E-state index in [0.717, 1.165) is 5.56 Å². The maximum absolute atomic E-state index is 12.4. The van der Waals surface area contributed by atoms with Gasteiger partial charge in [0.2, 0.25) is 0 Å². The van der Waals surface area contributed by atoms with Crippen LogP contribution in [0.3, 0.4) is 0 Å². The summed E-state index contributed by atoms with van der Waals surface area (Å²) >= 11 is 0. The molecule has 4 rings (SSSR count). The van der Waals surface area contributed by atoms with E-state index in [1.807, 2.05) is 19.1 Å². The first-order chi connectivity index (χ1) is 12.6. The van der Waals surface area contributed by atoms with E-state index >= 15 is 0 Å². The zero-order valence-corrected chi connectivity index (χ0v) is 13.9. The minimum Gasteiger partial charge on any atom is -0.461 e. The monoisotopic (exact) mass is 346 g/mol. The molecule has 0 fully saturated rings. The van der Waals surface area contributed by atoms with Gasteiger partial charge in [-0.3, -0.25) is 4.79 Å². The summed E-state index contributed by atoms with van der Waals surface area (Å²) in [7, 11) is 0.